The Morgan fingerprint density at radius 3 is 1.55 bits per heavy atom. The highest BCUT2D eigenvalue weighted by Gasteiger charge is 2.11. The molecule has 4 rings (SSSR count). The minimum atomic E-state index is -3.51. The van der Waals surface area contributed by atoms with Gasteiger partial charge in [-0.25, -0.2) is 8.42 Å². The maximum Gasteiger partial charge on any atom is 0.296 e. The SMILES string of the molecule is CC(=O)c1cccc[n+]1C.CC(=O)c1ccccn1.COS(=O)(=O)c1ccc(C)cc1.Cc1ccc(S(C)(=O)=O)cc1. The zero-order valence-electron chi connectivity index (χ0n) is 24.8. The van der Waals surface area contributed by atoms with Crippen molar-refractivity contribution in [3.8, 4) is 0 Å². The molecule has 0 aliphatic carbocycles. The van der Waals surface area contributed by atoms with E-state index in [1.54, 1.807) is 67.7 Å². The highest BCUT2D eigenvalue weighted by molar-refractivity contribution is 7.90. The lowest BCUT2D eigenvalue weighted by molar-refractivity contribution is -0.673. The smallest absolute Gasteiger partial charge is 0.293 e. The number of ketones is 2. The van der Waals surface area contributed by atoms with Crippen LogP contribution >= 0.6 is 0 Å². The van der Waals surface area contributed by atoms with E-state index in [0.29, 0.717) is 10.6 Å². The van der Waals surface area contributed by atoms with Gasteiger partial charge in [0.05, 0.1) is 16.9 Å². The highest BCUT2D eigenvalue weighted by Crippen LogP contribution is 2.11. The van der Waals surface area contributed by atoms with E-state index in [-0.39, 0.29) is 16.5 Å². The van der Waals surface area contributed by atoms with Crippen molar-refractivity contribution in [1.82, 2.24) is 4.98 Å². The predicted molar refractivity (Wildman–Crippen MR) is 162 cm³/mol. The van der Waals surface area contributed by atoms with Crippen LogP contribution in [0.3, 0.4) is 0 Å². The molecule has 2 aromatic carbocycles. The standard InChI is InChI=1S/C8H10NO.C8H10O3S.C8H10O2S.C7H7NO/c1-7(10)8-5-3-4-6-9(8)2;1-7-3-5-8(6-4-7)12(9,10)11-2;1-7-3-5-8(6-4-7)11(2,9)10;1-6(9)7-4-2-3-5-8-7/h3-6H,1-2H3;3-6H,1-2H3;3-6H,1-2H3;2-5H,1H3/q+1;;;. The van der Waals surface area contributed by atoms with E-state index < -0.39 is 20.0 Å². The topological polar surface area (TPSA) is 128 Å². The molecule has 0 atom stereocenters. The number of rotatable bonds is 5. The van der Waals surface area contributed by atoms with E-state index in [4.69, 9.17) is 0 Å². The Morgan fingerprint density at radius 1 is 0.714 bits per heavy atom. The summed E-state index contributed by atoms with van der Waals surface area (Å²) in [7, 11) is -3.53. The van der Waals surface area contributed by atoms with E-state index in [0.717, 1.165) is 23.9 Å². The van der Waals surface area contributed by atoms with Crippen LogP contribution in [0.4, 0.5) is 0 Å². The van der Waals surface area contributed by atoms with Crippen LogP contribution in [0.15, 0.2) is 107 Å². The zero-order chi connectivity index (χ0) is 31.9. The lowest BCUT2D eigenvalue weighted by Gasteiger charge is -2.00. The van der Waals surface area contributed by atoms with Crippen molar-refractivity contribution in [2.75, 3.05) is 13.4 Å². The Bertz CT molecular complexity index is 1650. The van der Waals surface area contributed by atoms with Gasteiger partial charge in [-0.1, -0.05) is 41.5 Å². The fraction of sp³-hybridized carbons (Fsp3) is 0.226. The zero-order valence-corrected chi connectivity index (χ0v) is 26.4. The van der Waals surface area contributed by atoms with Crippen molar-refractivity contribution in [3.05, 3.63) is 120 Å². The molecule has 42 heavy (non-hydrogen) atoms. The van der Waals surface area contributed by atoms with Crippen LogP contribution in [0.2, 0.25) is 0 Å². The molecule has 224 valence electrons. The summed E-state index contributed by atoms with van der Waals surface area (Å²) < 4.78 is 50.2. The third-order valence-electron chi connectivity index (χ3n) is 5.42. The van der Waals surface area contributed by atoms with Crippen molar-refractivity contribution in [2.24, 2.45) is 7.05 Å². The minimum absolute atomic E-state index is 0.00981. The second-order valence-corrected chi connectivity index (χ2v) is 12.8. The summed E-state index contributed by atoms with van der Waals surface area (Å²) in [5, 5.41) is 0. The number of carbonyl (C=O) groups is 2. The van der Waals surface area contributed by atoms with Gasteiger partial charge in [-0.3, -0.25) is 18.8 Å². The van der Waals surface area contributed by atoms with Gasteiger partial charge in [0.25, 0.3) is 10.1 Å². The molecular weight excluding hydrogens is 576 g/mol. The number of hydrogen-bond donors (Lipinski definition) is 0. The molecular formula is C31H37N2O7S2+. The van der Waals surface area contributed by atoms with Crippen molar-refractivity contribution in [1.29, 1.82) is 0 Å². The van der Waals surface area contributed by atoms with E-state index in [9.17, 15) is 26.4 Å². The van der Waals surface area contributed by atoms with Crippen molar-refractivity contribution in [2.45, 2.75) is 37.5 Å². The number of hydrogen-bond acceptors (Lipinski definition) is 8. The average molecular weight is 614 g/mol. The van der Waals surface area contributed by atoms with Gasteiger partial charge in [-0.05, 0) is 56.3 Å². The summed E-state index contributed by atoms with van der Waals surface area (Å²) in [5.74, 6) is 0.110. The third kappa shape index (κ3) is 13.1. The van der Waals surface area contributed by atoms with Crippen molar-refractivity contribution >= 4 is 31.5 Å². The number of pyridine rings is 2. The molecule has 0 saturated carbocycles. The summed E-state index contributed by atoms with van der Waals surface area (Å²) >= 11 is 0. The molecule has 4 aromatic rings. The number of Topliss-reactive ketones (excluding diaryl/α,β-unsaturated/α-hetero) is 2. The molecule has 2 heterocycles. The number of benzene rings is 2. The molecule has 0 fully saturated rings. The molecule has 9 nitrogen and oxygen atoms in total. The van der Waals surface area contributed by atoms with Crippen LogP contribution in [0.25, 0.3) is 0 Å². The third-order valence-corrected chi connectivity index (χ3v) is 7.84. The van der Waals surface area contributed by atoms with Gasteiger partial charge in [0.15, 0.2) is 21.8 Å². The first-order chi connectivity index (χ1) is 19.6. The van der Waals surface area contributed by atoms with Gasteiger partial charge in [0.1, 0.15) is 12.7 Å². The molecule has 11 heteroatoms. The first kappa shape index (κ1) is 36.0. The second-order valence-electron chi connectivity index (χ2n) is 9.04. The van der Waals surface area contributed by atoms with E-state index in [1.165, 1.54) is 25.3 Å². The first-order valence-electron chi connectivity index (χ1n) is 12.6. The summed E-state index contributed by atoms with van der Waals surface area (Å²) in [6.45, 7) is 6.88. The number of sulfone groups is 1. The molecule has 0 N–H and O–H groups in total. The maximum absolute atomic E-state index is 11.1. The molecule has 0 spiro atoms. The van der Waals surface area contributed by atoms with Gasteiger partial charge < -0.3 is 0 Å². The second kappa shape index (κ2) is 17.0. The van der Waals surface area contributed by atoms with E-state index >= 15 is 0 Å². The number of nitrogens with zero attached hydrogens (tertiary/aromatic N) is 2. The molecule has 0 aliphatic rings. The fourth-order valence-electron chi connectivity index (χ4n) is 3.05. The van der Waals surface area contributed by atoms with Gasteiger partial charge >= 0.3 is 0 Å². The van der Waals surface area contributed by atoms with Gasteiger partial charge in [-0.2, -0.15) is 13.0 Å². The summed E-state index contributed by atoms with van der Waals surface area (Å²) in [6.07, 6.45) is 4.67. The van der Waals surface area contributed by atoms with Gasteiger partial charge in [-0.15, -0.1) is 0 Å². The Morgan fingerprint density at radius 2 is 1.21 bits per heavy atom. The van der Waals surface area contributed by atoms with Crippen LogP contribution in [0.5, 0.6) is 0 Å². The van der Waals surface area contributed by atoms with Gasteiger partial charge in [0, 0.05) is 38.4 Å². The number of carbonyl (C=O) groups excluding carboxylic acids is 2. The summed E-state index contributed by atoms with van der Waals surface area (Å²) in [4.78, 5) is 25.8. The lowest BCUT2D eigenvalue weighted by Crippen LogP contribution is -2.34. The molecule has 0 saturated heterocycles. The normalized spacial score (nSPS) is 10.5. The Kier molecular flexibility index (Phi) is 14.6. The van der Waals surface area contributed by atoms with Crippen LogP contribution < -0.4 is 4.57 Å². The summed E-state index contributed by atoms with van der Waals surface area (Å²) in [5.41, 5.74) is 3.35. The molecule has 0 amide bonds. The molecule has 0 bridgehead atoms. The predicted octanol–water partition coefficient (Wildman–Crippen LogP) is 4.73. The molecule has 0 aliphatic heterocycles. The van der Waals surface area contributed by atoms with Crippen molar-refractivity contribution < 1.29 is 35.2 Å². The molecule has 0 unspecified atom stereocenters. The Hall–Kier alpha value is -4.06. The minimum Gasteiger partial charge on any atom is -0.293 e. The number of aryl methyl sites for hydroxylation is 3. The van der Waals surface area contributed by atoms with Crippen LogP contribution in [0.1, 0.15) is 46.0 Å². The monoisotopic (exact) mass is 613 g/mol. The highest BCUT2D eigenvalue weighted by atomic mass is 32.2. The quantitative estimate of drug-likeness (QED) is 0.180. The van der Waals surface area contributed by atoms with Crippen LogP contribution in [-0.2, 0) is 31.2 Å². The van der Waals surface area contributed by atoms with Gasteiger partial charge in [0.2, 0.25) is 11.5 Å². The van der Waals surface area contributed by atoms with E-state index in [1.807, 2.05) is 49.9 Å². The molecule has 0 radical (unpaired) electrons. The van der Waals surface area contributed by atoms with Crippen LogP contribution in [0, 0.1) is 13.8 Å². The fourth-order valence-corrected chi connectivity index (χ4v) is 4.34. The largest absolute Gasteiger partial charge is 0.296 e. The first-order valence-corrected chi connectivity index (χ1v) is 15.9. The average Bonchev–Trinajstić information content (AvgIpc) is 2.95. The maximum atomic E-state index is 11.1. The molecule has 2 aromatic heterocycles. The van der Waals surface area contributed by atoms with Crippen molar-refractivity contribution in [3.63, 3.8) is 0 Å². The Labute approximate surface area is 248 Å². The number of aromatic nitrogens is 2. The van der Waals surface area contributed by atoms with Crippen LogP contribution in [-0.4, -0.2) is 46.8 Å². The lowest BCUT2D eigenvalue weighted by atomic mass is 10.2. The summed E-state index contributed by atoms with van der Waals surface area (Å²) in [6, 6.07) is 24.1. The van der Waals surface area contributed by atoms with E-state index in [2.05, 4.69) is 9.17 Å². The Balaban J connectivity index is 0.000000281.